The highest BCUT2D eigenvalue weighted by Gasteiger charge is 1.85. The van der Waals surface area contributed by atoms with Crippen LogP contribution in [0.25, 0.3) is 0 Å². The molecule has 62 valence electrons. The molecule has 0 saturated carbocycles. The van der Waals surface area contributed by atoms with E-state index < -0.39 is 0 Å². The molecular formula is C9H13ClO. The molecule has 0 aromatic carbocycles. The monoisotopic (exact) mass is 172 g/mol. The van der Waals surface area contributed by atoms with Gasteiger partial charge in [-0.25, -0.2) is 0 Å². The molecule has 0 aliphatic rings. The number of methoxy groups -OCH3 is 1. The molecule has 0 unspecified atom stereocenters. The predicted octanol–water partition coefficient (Wildman–Crippen LogP) is 3.24. The lowest BCUT2D eigenvalue weighted by Gasteiger charge is -1.94. The van der Waals surface area contributed by atoms with Crippen molar-refractivity contribution in [2.45, 2.75) is 13.3 Å². The maximum absolute atomic E-state index is 5.73. The van der Waals surface area contributed by atoms with E-state index in [0.29, 0.717) is 5.76 Å². The van der Waals surface area contributed by atoms with Gasteiger partial charge >= 0.3 is 0 Å². The first-order valence-corrected chi connectivity index (χ1v) is 3.78. The van der Waals surface area contributed by atoms with Crippen molar-refractivity contribution in [3.8, 4) is 0 Å². The van der Waals surface area contributed by atoms with Gasteiger partial charge in [0.15, 0.2) is 0 Å². The number of rotatable bonds is 4. The number of allylic oxidation sites excluding steroid dienone is 4. The van der Waals surface area contributed by atoms with Crippen molar-refractivity contribution in [1.82, 2.24) is 0 Å². The predicted molar refractivity (Wildman–Crippen MR) is 49.5 cm³/mol. The Labute approximate surface area is 73.0 Å². The van der Waals surface area contributed by atoms with E-state index in [4.69, 9.17) is 16.3 Å². The fraction of sp³-hybridized carbons (Fsp3) is 0.333. The Kier molecular flexibility index (Phi) is 5.67. The van der Waals surface area contributed by atoms with Gasteiger partial charge in [-0.05, 0) is 13.0 Å². The Morgan fingerprint density at radius 1 is 1.64 bits per heavy atom. The maximum atomic E-state index is 5.73. The van der Waals surface area contributed by atoms with Gasteiger partial charge in [-0.2, -0.15) is 0 Å². The molecule has 1 nitrogen and oxygen atoms in total. The van der Waals surface area contributed by atoms with Gasteiger partial charge in [0.2, 0.25) is 0 Å². The van der Waals surface area contributed by atoms with Gasteiger partial charge in [-0.3, -0.25) is 0 Å². The van der Waals surface area contributed by atoms with Crippen LogP contribution in [0.5, 0.6) is 0 Å². The second kappa shape index (κ2) is 6.05. The summed E-state index contributed by atoms with van der Waals surface area (Å²) in [5.74, 6) is 0.644. The highest BCUT2D eigenvalue weighted by atomic mass is 35.5. The van der Waals surface area contributed by atoms with Gasteiger partial charge in [-0.15, -0.1) is 0 Å². The Balaban J connectivity index is 3.69. The largest absolute Gasteiger partial charge is 0.497 e. The molecular weight excluding hydrogens is 160 g/mol. The highest BCUT2D eigenvalue weighted by Crippen LogP contribution is 2.07. The van der Waals surface area contributed by atoms with Crippen LogP contribution in [0, 0.1) is 0 Å². The minimum atomic E-state index is 0.644. The van der Waals surface area contributed by atoms with Crippen molar-refractivity contribution in [2.24, 2.45) is 0 Å². The Morgan fingerprint density at radius 3 is 2.73 bits per heavy atom. The fourth-order valence-corrected chi connectivity index (χ4v) is 0.578. The van der Waals surface area contributed by atoms with Crippen molar-refractivity contribution < 1.29 is 4.74 Å². The zero-order chi connectivity index (χ0) is 8.69. The molecule has 0 bridgehead atoms. The number of ether oxygens (including phenoxy) is 1. The molecule has 0 heterocycles. The number of hydrogen-bond acceptors (Lipinski definition) is 1. The fourth-order valence-electron chi connectivity index (χ4n) is 0.489. The van der Waals surface area contributed by atoms with Crippen LogP contribution in [-0.2, 0) is 4.74 Å². The quantitative estimate of drug-likeness (QED) is 0.467. The topological polar surface area (TPSA) is 9.23 Å². The molecule has 0 spiro atoms. The Morgan fingerprint density at radius 2 is 2.27 bits per heavy atom. The van der Waals surface area contributed by atoms with E-state index in [1.807, 2.05) is 19.1 Å². The third kappa shape index (κ3) is 5.74. The molecule has 0 rings (SSSR count). The van der Waals surface area contributed by atoms with Crippen molar-refractivity contribution in [3.63, 3.8) is 0 Å². The van der Waals surface area contributed by atoms with E-state index in [1.165, 1.54) is 0 Å². The molecule has 0 amide bonds. The lowest BCUT2D eigenvalue weighted by molar-refractivity contribution is 0.308. The second-order valence-corrected chi connectivity index (χ2v) is 2.50. The molecule has 2 heteroatoms. The summed E-state index contributed by atoms with van der Waals surface area (Å²) in [6.45, 7) is 5.53. The smallest absolute Gasteiger partial charge is 0.111 e. The first-order chi connectivity index (χ1) is 5.20. The number of hydrogen-bond donors (Lipinski definition) is 0. The van der Waals surface area contributed by atoms with E-state index in [2.05, 4.69) is 6.58 Å². The van der Waals surface area contributed by atoms with Crippen molar-refractivity contribution in [1.29, 1.82) is 0 Å². The van der Waals surface area contributed by atoms with Crippen molar-refractivity contribution in [3.05, 3.63) is 35.6 Å². The normalized spacial score (nSPS) is 12.1. The average Bonchev–Trinajstić information content (AvgIpc) is 2.04. The van der Waals surface area contributed by atoms with Gasteiger partial charge in [0.05, 0.1) is 7.11 Å². The minimum absolute atomic E-state index is 0.644. The first-order valence-electron chi connectivity index (χ1n) is 3.40. The standard InChI is InChI=1S/C9H13ClO/c1-4-9(10)7-5-6-8(2)11-3/h4-6H,2,7H2,1,3H3/b6-5?,9-4+. The van der Waals surface area contributed by atoms with Crippen molar-refractivity contribution in [2.75, 3.05) is 7.11 Å². The van der Waals surface area contributed by atoms with Crippen LogP contribution >= 0.6 is 11.6 Å². The summed E-state index contributed by atoms with van der Waals surface area (Å²) in [4.78, 5) is 0. The van der Waals surface area contributed by atoms with Crippen LogP contribution in [0.15, 0.2) is 35.6 Å². The molecule has 0 N–H and O–H groups in total. The molecule has 0 aliphatic heterocycles. The molecule has 0 saturated heterocycles. The summed E-state index contributed by atoms with van der Waals surface area (Å²) < 4.78 is 4.82. The Hall–Kier alpha value is -0.690. The van der Waals surface area contributed by atoms with E-state index in [-0.39, 0.29) is 0 Å². The maximum Gasteiger partial charge on any atom is 0.111 e. The molecule has 0 radical (unpaired) electrons. The van der Waals surface area contributed by atoms with E-state index in [9.17, 15) is 0 Å². The van der Waals surface area contributed by atoms with Crippen LogP contribution in [0.2, 0.25) is 0 Å². The molecule has 0 aromatic rings. The van der Waals surface area contributed by atoms with Gasteiger partial charge in [0.1, 0.15) is 5.76 Å². The summed E-state index contributed by atoms with van der Waals surface area (Å²) in [5, 5.41) is 0.824. The lowest BCUT2D eigenvalue weighted by Crippen LogP contribution is -1.76. The Bertz CT molecular complexity index is 180. The van der Waals surface area contributed by atoms with Crippen molar-refractivity contribution >= 4 is 11.6 Å². The molecule has 0 atom stereocenters. The summed E-state index contributed by atoms with van der Waals surface area (Å²) in [5.41, 5.74) is 0. The van der Waals surface area contributed by atoms with E-state index >= 15 is 0 Å². The van der Waals surface area contributed by atoms with Crippen LogP contribution in [-0.4, -0.2) is 7.11 Å². The SMILES string of the molecule is C=C(C=CC/C(Cl)=C\C)OC. The average molecular weight is 173 g/mol. The third-order valence-corrected chi connectivity index (χ3v) is 1.56. The van der Waals surface area contributed by atoms with Crippen LogP contribution in [0.1, 0.15) is 13.3 Å². The third-order valence-electron chi connectivity index (χ3n) is 1.19. The lowest BCUT2D eigenvalue weighted by atomic mass is 10.3. The summed E-state index contributed by atoms with van der Waals surface area (Å²) in [7, 11) is 1.59. The number of halogens is 1. The molecule has 0 fully saturated rings. The van der Waals surface area contributed by atoms with E-state index in [1.54, 1.807) is 13.2 Å². The van der Waals surface area contributed by atoms with Gasteiger partial charge in [-0.1, -0.05) is 30.3 Å². The van der Waals surface area contributed by atoms with Crippen LogP contribution in [0.3, 0.4) is 0 Å². The van der Waals surface area contributed by atoms with E-state index in [0.717, 1.165) is 11.5 Å². The summed E-state index contributed by atoms with van der Waals surface area (Å²) in [6.07, 6.45) is 6.31. The second-order valence-electron chi connectivity index (χ2n) is 2.01. The van der Waals surface area contributed by atoms with Gasteiger partial charge < -0.3 is 4.74 Å². The molecule has 0 aliphatic carbocycles. The highest BCUT2D eigenvalue weighted by molar-refractivity contribution is 6.29. The minimum Gasteiger partial charge on any atom is -0.497 e. The van der Waals surface area contributed by atoms with Crippen LogP contribution in [0.4, 0.5) is 0 Å². The first kappa shape index (κ1) is 10.3. The zero-order valence-corrected chi connectivity index (χ0v) is 7.69. The van der Waals surface area contributed by atoms with Crippen LogP contribution < -0.4 is 0 Å². The summed E-state index contributed by atoms with van der Waals surface area (Å²) >= 11 is 5.73. The molecule has 11 heavy (non-hydrogen) atoms. The van der Waals surface area contributed by atoms with Gasteiger partial charge in [0, 0.05) is 11.5 Å². The zero-order valence-electron chi connectivity index (χ0n) is 6.93. The molecule has 0 aromatic heterocycles. The van der Waals surface area contributed by atoms with Gasteiger partial charge in [0.25, 0.3) is 0 Å². The summed E-state index contributed by atoms with van der Waals surface area (Å²) in [6, 6.07) is 0.